The number of nitrogens with zero attached hydrogens (tertiary/aromatic N) is 2. The van der Waals surface area contributed by atoms with Gasteiger partial charge in [0, 0.05) is 17.8 Å². The molecule has 5 heteroatoms. The molecule has 1 aromatic heterocycles. The van der Waals surface area contributed by atoms with Gasteiger partial charge >= 0.3 is 0 Å². The summed E-state index contributed by atoms with van der Waals surface area (Å²) >= 11 is 6.31. The van der Waals surface area contributed by atoms with E-state index in [4.69, 9.17) is 17.3 Å². The second kappa shape index (κ2) is 6.09. The monoisotopic (exact) mass is 291 g/mol. The Labute approximate surface area is 123 Å². The van der Waals surface area contributed by atoms with Crippen LogP contribution in [0.25, 0.3) is 0 Å². The highest BCUT2D eigenvalue weighted by molar-refractivity contribution is 6.32. The molecule has 0 radical (unpaired) electrons. The number of carbonyl (C=O) groups excluding carboxylic acids is 1. The summed E-state index contributed by atoms with van der Waals surface area (Å²) < 4.78 is 1.80. The molecule has 0 amide bonds. The third-order valence-corrected chi connectivity index (χ3v) is 3.69. The maximum absolute atomic E-state index is 12.3. The van der Waals surface area contributed by atoms with Crippen LogP contribution in [0.4, 0.5) is 5.69 Å². The van der Waals surface area contributed by atoms with E-state index in [1.165, 1.54) is 0 Å². The Morgan fingerprint density at radius 1 is 1.30 bits per heavy atom. The minimum Gasteiger partial charge on any atom is -0.399 e. The fourth-order valence-corrected chi connectivity index (χ4v) is 2.45. The second-order valence-corrected chi connectivity index (χ2v) is 4.98. The summed E-state index contributed by atoms with van der Waals surface area (Å²) in [4.78, 5) is 12.3. The van der Waals surface area contributed by atoms with Crippen molar-refractivity contribution in [1.29, 1.82) is 0 Å². The van der Waals surface area contributed by atoms with Gasteiger partial charge < -0.3 is 5.73 Å². The van der Waals surface area contributed by atoms with E-state index in [0.29, 0.717) is 22.8 Å². The molecule has 0 spiro atoms. The number of nitrogen functional groups attached to an aromatic ring is 1. The van der Waals surface area contributed by atoms with Gasteiger partial charge in [-0.1, -0.05) is 18.5 Å². The van der Waals surface area contributed by atoms with Crippen molar-refractivity contribution in [2.45, 2.75) is 33.2 Å². The Bertz CT molecular complexity index is 617. The first-order chi connectivity index (χ1) is 9.56. The number of Topliss-reactive ketones (excluding diaryl/α,β-unsaturated/α-hetero) is 1. The summed E-state index contributed by atoms with van der Waals surface area (Å²) in [7, 11) is 0. The van der Waals surface area contributed by atoms with Gasteiger partial charge in [0.25, 0.3) is 0 Å². The van der Waals surface area contributed by atoms with Crippen molar-refractivity contribution in [2.75, 3.05) is 5.73 Å². The van der Waals surface area contributed by atoms with Crippen LogP contribution in [0.5, 0.6) is 0 Å². The quantitative estimate of drug-likeness (QED) is 0.680. The molecule has 0 aliphatic rings. The third-order valence-electron chi connectivity index (χ3n) is 3.25. The van der Waals surface area contributed by atoms with Crippen LogP contribution < -0.4 is 5.73 Å². The summed E-state index contributed by atoms with van der Waals surface area (Å²) in [5.41, 5.74) is 8.53. The molecule has 0 aliphatic heterocycles. The lowest BCUT2D eigenvalue weighted by Crippen LogP contribution is -2.10. The Balaban J connectivity index is 2.27. The molecule has 2 N–H and O–H groups in total. The molecule has 20 heavy (non-hydrogen) atoms. The second-order valence-electron chi connectivity index (χ2n) is 4.60. The topological polar surface area (TPSA) is 60.9 Å². The van der Waals surface area contributed by atoms with Gasteiger partial charge in [0.1, 0.15) is 0 Å². The molecule has 0 unspecified atom stereocenters. The molecule has 0 atom stereocenters. The lowest BCUT2D eigenvalue weighted by Gasteiger charge is -2.05. The van der Waals surface area contributed by atoms with Crippen LogP contribution in [-0.4, -0.2) is 15.6 Å². The first kappa shape index (κ1) is 14.6. The molecule has 0 saturated heterocycles. The number of aromatic nitrogens is 2. The lowest BCUT2D eigenvalue weighted by atomic mass is 10.1. The largest absolute Gasteiger partial charge is 0.399 e. The summed E-state index contributed by atoms with van der Waals surface area (Å²) in [6, 6.07) is 6.92. The highest BCUT2D eigenvalue weighted by atomic mass is 35.5. The van der Waals surface area contributed by atoms with Crippen molar-refractivity contribution in [3.05, 3.63) is 46.2 Å². The van der Waals surface area contributed by atoms with E-state index in [-0.39, 0.29) is 12.2 Å². The maximum atomic E-state index is 12.3. The average molecular weight is 292 g/mol. The van der Waals surface area contributed by atoms with Gasteiger partial charge in [0.05, 0.1) is 22.8 Å². The van der Waals surface area contributed by atoms with Gasteiger partial charge in [0.2, 0.25) is 0 Å². The van der Waals surface area contributed by atoms with Crippen LogP contribution in [0.15, 0.2) is 24.3 Å². The molecule has 1 heterocycles. The Morgan fingerprint density at radius 2 is 1.95 bits per heavy atom. The van der Waals surface area contributed by atoms with Gasteiger partial charge in [-0.3, -0.25) is 9.48 Å². The van der Waals surface area contributed by atoms with Crippen molar-refractivity contribution in [3.8, 4) is 0 Å². The van der Waals surface area contributed by atoms with E-state index >= 15 is 0 Å². The van der Waals surface area contributed by atoms with Gasteiger partial charge in [-0.25, -0.2) is 0 Å². The predicted molar refractivity (Wildman–Crippen MR) is 81.2 cm³/mol. The lowest BCUT2D eigenvalue weighted by molar-refractivity contribution is 0.0990. The average Bonchev–Trinajstić information content (AvgIpc) is 2.76. The van der Waals surface area contributed by atoms with E-state index in [1.807, 2.05) is 13.8 Å². The molecular weight excluding hydrogens is 274 g/mol. The van der Waals surface area contributed by atoms with Gasteiger partial charge in [-0.15, -0.1) is 0 Å². The predicted octanol–water partition coefficient (Wildman–Crippen LogP) is 3.13. The standard InChI is InChI=1S/C15H18ClN3O/c1-3-12-15(16)13(19(4-2)18-12)9-14(20)10-5-7-11(17)8-6-10/h5-8H,3-4,9,17H2,1-2H3. The zero-order valence-corrected chi connectivity index (χ0v) is 12.4. The summed E-state index contributed by atoms with van der Waals surface area (Å²) in [5, 5.41) is 5.03. The maximum Gasteiger partial charge on any atom is 0.168 e. The minimum atomic E-state index is 0.0177. The molecular formula is C15H18ClN3O. The van der Waals surface area contributed by atoms with Crippen LogP contribution in [0.1, 0.15) is 35.6 Å². The normalized spacial score (nSPS) is 10.8. The number of hydrogen-bond donors (Lipinski definition) is 1. The molecule has 4 nitrogen and oxygen atoms in total. The summed E-state index contributed by atoms with van der Waals surface area (Å²) in [6.07, 6.45) is 1.01. The van der Waals surface area contributed by atoms with Gasteiger partial charge in [0.15, 0.2) is 5.78 Å². The minimum absolute atomic E-state index is 0.0177. The van der Waals surface area contributed by atoms with E-state index in [2.05, 4.69) is 5.10 Å². The Hall–Kier alpha value is -1.81. The fraction of sp³-hybridized carbons (Fsp3) is 0.333. The molecule has 0 fully saturated rings. The first-order valence-electron chi connectivity index (χ1n) is 6.69. The number of benzene rings is 1. The van der Waals surface area contributed by atoms with Crippen LogP contribution in [-0.2, 0) is 19.4 Å². The number of hydrogen-bond acceptors (Lipinski definition) is 3. The van der Waals surface area contributed by atoms with Crippen molar-refractivity contribution < 1.29 is 4.79 Å². The van der Waals surface area contributed by atoms with Gasteiger partial charge in [-0.05, 0) is 37.6 Å². The highest BCUT2D eigenvalue weighted by Crippen LogP contribution is 2.23. The van der Waals surface area contributed by atoms with E-state index in [9.17, 15) is 4.79 Å². The molecule has 0 aliphatic carbocycles. The number of anilines is 1. The first-order valence-corrected chi connectivity index (χ1v) is 7.07. The fourth-order valence-electron chi connectivity index (χ4n) is 2.11. The number of ketones is 1. The molecule has 106 valence electrons. The number of rotatable bonds is 5. The Morgan fingerprint density at radius 3 is 2.50 bits per heavy atom. The SMILES string of the molecule is CCc1nn(CC)c(CC(=O)c2ccc(N)cc2)c1Cl. The van der Waals surface area contributed by atoms with Crippen molar-refractivity contribution >= 4 is 23.1 Å². The zero-order chi connectivity index (χ0) is 14.7. The van der Waals surface area contributed by atoms with Crippen LogP contribution in [0, 0.1) is 0 Å². The highest BCUT2D eigenvalue weighted by Gasteiger charge is 2.18. The van der Waals surface area contributed by atoms with E-state index in [1.54, 1.807) is 28.9 Å². The number of nitrogens with two attached hydrogens (primary N) is 1. The van der Waals surface area contributed by atoms with Crippen molar-refractivity contribution in [1.82, 2.24) is 9.78 Å². The van der Waals surface area contributed by atoms with Crippen molar-refractivity contribution in [2.24, 2.45) is 0 Å². The zero-order valence-electron chi connectivity index (χ0n) is 11.7. The molecule has 1 aromatic carbocycles. The smallest absolute Gasteiger partial charge is 0.168 e. The Kier molecular flexibility index (Phi) is 4.45. The number of carbonyl (C=O) groups is 1. The van der Waals surface area contributed by atoms with Crippen LogP contribution in [0.2, 0.25) is 5.02 Å². The van der Waals surface area contributed by atoms with Crippen LogP contribution in [0.3, 0.4) is 0 Å². The molecule has 2 rings (SSSR count). The molecule has 2 aromatic rings. The van der Waals surface area contributed by atoms with E-state index in [0.717, 1.165) is 17.8 Å². The van der Waals surface area contributed by atoms with Crippen LogP contribution >= 0.6 is 11.6 Å². The van der Waals surface area contributed by atoms with Crippen molar-refractivity contribution in [3.63, 3.8) is 0 Å². The molecule has 0 bridgehead atoms. The summed E-state index contributed by atoms with van der Waals surface area (Å²) in [6.45, 7) is 4.68. The molecule has 0 saturated carbocycles. The number of halogens is 1. The number of aryl methyl sites for hydroxylation is 2. The van der Waals surface area contributed by atoms with E-state index < -0.39 is 0 Å². The summed E-state index contributed by atoms with van der Waals surface area (Å²) in [5.74, 6) is 0.0177. The third kappa shape index (κ3) is 2.85. The van der Waals surface area contributed by atoms with Gasteiger partial charge in [-0.2, -0.15) is 5.10 Å².